The van der Waals surface area contributed by atoms with Gasteiger partial charge in [0.2, 0.25) is 18.5 Å². The minimum Gasteiger partial charge on any atom is -0.454 e. The van der Waals surface area contributed by atoms with Crippen LogP contribution in [0.15, 0.2) is 27.9 Å². The summed E-state index contributed by atoms with van der Waals surface area (Å²) in [5.41, 5.74) is 3.31. The van der Waals surface area contributed by atoms with Crippen LogP contribution in [0.1, 0.15) is 23.7 Å². The second kappa shape index (κ2) is 5.55. The number of hydrogen-bond donors (Lipinski definition) is 1. The van der Waals surface area contributed by atoms with Gasteiger partial charge in [-0.15, -0.1) is 0 Å². The Labute approximate surface area is 141 Å². The predicted molar refractivity (Wildman–Crippen MR) is 86.0 cm³/mol. The zero-order chi connectivity index (χ0) is 15.9. The molecule has 0 atom stereocenters. The first kappa shape index (κ1) is 13.9. The number of rotatable bonds is 4. The quantitative estimate of drug-likeness (QED) is 0.729. The molecule has 8 heteroatoms. The number of aromatic nitrogens is 4. The van der Waals surface area contributed by atoms with E-state index in [-0.39, 0.29) is 6.79 Å². The van der Waals surface area contributed by atoms with Crippen molar-refractivity contribution in [2.24, 2.45) is 0 Å². The van der Waals surface area contributed by atoms with Gasteiger partial charge in [0.25, 0.3) is 0 Å². The summed E-state index contributed by atoms with van der Waals surface area (Å²) in [5.74, 6) is 3.15. The van der Waals surface area contributed by atoms with Crippen molar-refractivity contribution >= 4 is 11.8 Å². The Morgan fingerprint density at radius 3 is 3.04 bits per heavy atom. The predicted octanol–water partition coefficient (Wildman–Crippen LogP) is 2.97. The highest BCUT2D eigenvalue weighted by Crippen LogP contribution is 2.35. The number of benzene rings is 1. The number of aromatic amines is 1. The second-order valence-electron chi connectivity index (χ2n) is 5.69. The molecular formula is C16H14N4O3S. The molecular weight excluding hydrogens is 328 g/mol. The number of hydrogen-bond acceptors (Lipinski definition) is 7. The van der Waals surface area contributed by atoms with Gasteiger partial charge in [-0.1, -0.05) is 16.9 Å². The van der Waals surface area contributed by atoms with Gasteiger partial charge in [0, 0.05) is 11.3 Å². The Morgan fingerprint density at radius 1 is 1.12 bits per heavy atom. The molecule has 0 spiro atoms. The van der Waals surface area contributed by atoms with Gasteiger partial charge in [0.05, 0.1) is 11.4 Å². The number of nitrogens with zero attached hydrogens (tertiary/aromatic N) is 3. The number of aryl methyl sites for hydroxylation is 2. The molecule has 0 amide bonds. The van der Waals surface area contributed by atoms with Crippen molar-refractivity contribution in [1.82, 2.24) is 20.1 Å². The Kier molecular flexibility index (Phi) is 3.22. The van der Waals surface area contributed by atoms with Crippen LogP contribution in [0.2, 0.25) is 0 Å². The smallest absolute Gasteiger partial charge is 0.237 e. The van der Waals surface area contributed by atoms with E-state index in [0.717, 1.165) is 29.3 Å². The fourth-order valence-corrected chi connectivity index (χ4v) is 3.68. The van der Waals surface area contributed by atoms with Gasteiger partial charge in [-0.25, -0.2) is 4.98 Å². The molecule has 2 aliphatic rings. The molecule has 0 unspecified atom stereocenters. The van der Waals surface area contributed by atoms with Gasteiger partial charge in [-0.05, 0) is 37.5 Å². The third kappa shape index (κ3) is 2.43. The Balaban J connectivity index is 1.30. The molecule has 1 N–H and O–H groups in total. The molecule has 24 heavy (non-hydrogen) atoms. The summed E-state index contributed by atoms with van der Waals surface area (Å²) in [6.45, 7) is 0.250. The van der Waals surface area contributed by atoms with Crippen molar-refractivity contribution in [3.63, 3.8) is 0 Å². The zero-order valence-electron chi connectivity index (χ0n) is 12.7. The van der Waals surface area contributed by atoms with Crippen LogP contribution in [0, 0.1) is 0 Å². The van der Waals surface area contributed by atoms with Crippen LogP contribution in [-0.2, 0) is 18.6 Å². The molecule has 3 heterocycles. The molecule has 0 bridgehead atoms. The van der Waals surface area contributed by atoms with Gasteiger partial charge in [0.15, 0.2) is 16.7 Å². The second-order valence-corrected chi connectivity index (χ2v) is 6.65. The van der Waals surface area contributed by atoms with E-state index in [4.69, 9.17) is 14.0 Å². The standard InChI is InChI=1S/C16H14N4O3S/c1-2-10-11(3-1)18-16(17-10)24-7-14-19-15(20-23-14)9-4-5-12-13(6-9)22-8-21-12/h4-6H,1-3,7-8H2,(H,17,18). The maximum absolute atomic E-state index is 5.38. The monoisotopic (exact) mass is 342 g/mol. The van der Waals surface area contributed by atoms with E-state index in [1.807, 2.05) is 18.2 Å². The van der Waals surface area contributed by atoms with E-state index >= 15 is 0 Å². The number of imidazole rings is 1. The molecule has 1 aliphatic carbocycles. The van der Waals surface area contributed by atoms with Gasteiger partial charge >= 0.3 is 0 Å². The van der Waals surface area contributed by atoms with E-state index in [2.05, 4.69) is 20.1 Å². The van der Waals surface area contributed by atoms with Crippen LogP contribution in [0.3, 0.4) is 0 Å². The first-order valence-corrected chi connectivity index (χ1v) is 8.77. The average Bonchev–Trinajstić information content (AvgIpc) is 3.34. The van der Waals surface area contributed by atoms with Crippen molar-refractivity contribution in [1.29, 1.82) is 0 Å². The van der Waals surface area contributed by atoms with Crippen molar-refractivity contribution in [3.8, 4) is 22.9 Å². The topological polar surface area (TPSA) is 86.1 Å². The van der Waals surface area contributed by atoms with Gasteiger partial charge in [-0.3, -0.25) is 0 Å². The molecule has 0 fully saturated rings. The van der Waals surface area contributed by atoms with Crippen molar-refractivity contribution in [2.75, 3.05) is 6.79 Å². The molecule has 5 rings (SSSR count). The summed E-state index contributed by atoms with van der Waals surface area (Å²) in [5, 5.41) is 4.97. The molecule has 0 radical (unpaired) electrons. The van der Waals surface area contributed by atoms with Gasteiger partial charge in [-0.2, -0.15) is 4.98 Å². The number of fused-ring (bicyclic) bond motifs is 2. The van der Waals surface area contributed by atoms with Crippen LogP contribution >= 0.6 is 11.8 Å². The van der Waals surface area contributed by atoms with Gasteiger partial charge in [0.1, 0.15) is 0 Å². The van der Waals surface area contributed by atoms with Crippen LogP contribution in [0.25, 0.3) is 11.4 Å². The lowest BCUT2D eigenvalue weighted by molar-refractivity contribution is 0.174. The van der Waals surface area contributed by atoms with Crippen LogP contribution in [0.5, 0.6) is 11.5 Å². The lowest BCUT2D eigenvalue weighted by Gasteiger charge is -1.97. The molecule has 7 nitrogen and oxygen atoms in total. The molecule has 0 saturated heterocycles. The summed E-state index contributed by atoms with van der Waals surface area (Å²) in [7, 11) is 0. The highest BCUT2D eigenvalue weighted by Gasteiger charge is 2.18. The number of nitrogens with one attached hydrogen (secondary N) is 1. The highest BCUT2D eigenvalue weighted by molar-refractivity contribution is 7.98. The first-order valence-electron chi connectivity index (χ1n) is 7.78. The van der Waals surface area contributed by atoms with E-state index < -0.39 is 0 Å². The molecule has 3 aromatic rings. The molecule has 1 aromatic carbocycles. The third-order valence-electron chi connectivity index (χ3n) is 4.11. The number of ether oxygens (including phenoxy) is 2. The van der Waals surface area contributed by atoms with E-state index in [1.165, 1.54) is 17.8 Å². The number of thioether (sulfide) groups is 1. The molecule has 0 saturated carbocycles. The van der Waals surface area contributed by atoms with Crippen molar-refractivity contribution < 1.29 is 14.0 Å². The average molecular weight is 342 g/mol. The highest BCUT2D eigenvalue weighted by atomic mass is 32.2. The summed E-state index contributed by atoms with van der Waals surface area (Å²) in [4.78, 5) is 12.4. The van der Waals surface area contributed by atoms with Crippen molar-refractivity contribution in [3.05, 3.63) is 35.5 Å². The molecule has 2 aromatic heterocycles. The van der Waals surface area contributed by atoms with E-state index in [0.29, 0.717) is 23.2 Å². The lowest BCUT2D eigenvalue weighted by atomic mass is 10.2. The Hall–Kier alpha value is -2.48. The minimum absolute atomic E-state index is 0.250. The van der Waals surface area contributed by atoms with E-state index in [9.17, 15) is 0 Å². The maximum atomic E-state index is 5.38. The summed E-state index contributed by atoms with van der Waals surface area (Å²) < 4.78 is 16.0. The number of H-pyrrole nitrogens is 1. The van der Waals surface area contributed by atoms with Crippen LogP contribution in [0.4, 0.5) is 0 Å². The third-order valence-corrected chi connectivity index (χ3v) is 4.97. The van der Waals surface area contributed by atoms with Crippen molar-refractivity contribution in [2.45, 2.75) is 30.2 Å². The fraction of sp³-hybridized carbons (Fsp3) is 0.312. The minimum atomic E-state index is 0.250. The Bertz CT molecular complexity index is 883. The lowest BCUT2D eigenvalue weighted by Crippen LogP contribution is -1.92. The maximum Gasteiger partial charge on any atom is 0.237 e. The van der Waals surface area contributed by atoms with Crippen LogP contribution < -0.4 is 9.47 Å². The van der Waals surface area contributed by atoms with E-state index in [1.54, 1.807) is 11.8 Å². The first-order chi connectivity index (χ1) is 11.8. The summed E-state index contributed by atoms with van der Waals surface area (Å²) in [6.07, 6.45) is 3.36. The Morgan fingerprint density at radius 2 is 2.08 bits per heavy atom. The largest absolute Gasteiger partial charge is 0.454 e. The fourth-order valence-electron chi connectivity index (χ4n) is 2.93. The molecule has 1 aliphatic heterocycles. The van der Waals surface area contributed by atoms with Gasteiger partial charge < -0.3 is 19.0 Å². The summed E-state index contributed by atoms with van der Waals surface area (Å²) >= 11 is 1.58. The van der Waals surface area contributed by atoms with Crippen LogP contribution in [-0.4, -0.2) is 26.9 Å². The zero-order valence-corrected chi connectivity index (χ0v) is 13.6. The normalized spacial score (nSPS) is 15.0. The summed E-state index contributed by atoms with van der Waals surface area (Å²) in [6, 6.07) is 5.61. The SMILES string of the molecule is c1cc2c(cc1-c1noc(CSc3nc4c([nH]3)CCC4)n1)OCO2. The molecule has 122 valence electrons.